The molecule has 1 amide bonds. The minimum atomic E-state index is -0.0391. The Bertz CT molecular complexity index is 856. The molecule has 1 aromatic heterocycles. The number of aromatic nitrogens is 1. The van der Waals surface area contributed by atoms with E-state index >= 15 is 0 Å². The van der Waals surface area contributed by atoms with Gasteiger partial charge in [-0.05, 0) is 93.0 Å². The standard InChI is InChI=1S/C25H31N3O2/c1-2-30-22-6-3-17(4-7-22)12-24(29)27-21-5-8-23(26-16-21)28-25-13-18-9-19(14-25)11-20(10-18)15-25/h3-8,16,18-20H,2,9-15H2,1H3,(H,26,28)(H,27,29). The number of amides is 1. The maximum absolute atomic E-state index is 12.4. The molecule has 5 heteroatoms. The highest BCUT2D eigenvalue weighted by molar-refractivity contribution is 5.92. The van der Waals surface area contributed by atoms with Gasteiger partial charge in [0.15, 0.2) is 0 Å². The van der Waals surface area contributed by atoms with Crippen LogP contribution in [0.1, 0.15) is 51.0 Å². The summed E-state index contributed by atoms with van der Waals surface area (Å²) in [6, 6.07) is 11.6. The molecule has 30 heavy (non-hydrogen) atoms. The van der Waals surface area contributed by atoms with Crippen molar-refractivity contribution in [2.45, 2.75) is 57.4 Å². The second kappa shape index (κ2) is 7.93. The minimum Gasteiger partial charge on any atom is -0.494 e. The van der Waals surface area contributed by atoms with E-state index in [1.54, 1.807) is 6.20 Å². The van der Waals surface area contributed by atoms with Gasteiger partial charge in [-0.2, -0.15) is 0 Å². The van der Waals surface area contributed by atoms with Gasteiger partial charge in [-0.1, -0.05) is 12.1 Å². The zero-order valence-corrected chi connectivity index (χ0v) is 17.7. The van der Waals surface area contributed by atoms with Gasteiger partial charge in [0.05, 0.1) is 24.9 Å². The molecule has 4 aliphatic rings. The fourth-order valence-corrected chi connectivity index (χ4v) is 6.34. The van der Waals surface area contributed by atoms with E-state index in [1.807, 2.05) is 43.3 Å². The molecule has 6 rings (SSSR count). The zero-order chi connectivity index (χ0) is 20.6. The Morgan fingerprint density at radius 2 is 1.70 bits per heavy atom. The van der Waals surface area contributed by atoms with Gasteiger partial charge in [-0.3, -0.25) is 4.79 Å². The molecule has 0 atom stereocenters. The summed E-state index contributed by atoms with van der Waals surface area (Å²) in [5.74, 6) is 4.44. The van der Waals surface area contributed by atoms with E-state index in [0.29, 0.717) is 13.0 Å². The largest absolute Gasteiger partial charge is 0.494 e. The van der Waals surface area contributed by atoms with Gasteiger partial charge in [0.25, 0.3) is 0 Å². The van der Waals surface area contributed by atoms with Crippen molar-refractivity contribution >= 4 is 17.4 Å². The molecule has 4 bridgehead atoms. The summed E-state index contributed by atoms with van der Waals surface area (Å²) < 4.78 is 5.45. The summed E-state index contributed by atoms with van der Waals surface area (Å²) in [6.45, 7) is 2.60. The minimum absolute atomic E-state index is 0.0391. The smallest absolute Gasteiger partial charge is 0.228 e. The number of hydrogen-bond acceptors (Lipinski definition) is 4. The predicted molar refractivity (Wildman–Crippen MR) is 119 cm³/mol. The van der Waals surface area contributed by atoms with E-state index in [4.69, 9.17) is 4.74 Å². The topological polar surface area (TPSA) is 63.2 Å². The van der Waals surface area contributed by atoms with Crippen molar-refractivity contribution in [3.63, 3.8) is 0 Å². The van der Waals surface area contributed by atoms with Crippen LogP contribution in [0.5, 0.6) is 5.75 Å². The Hall–Kier alpha value is -2.56. The first-order valence-corrected chi connectivity index (χ1v) is 11.3. The van der Waals surface area contributed by atoms with Crippen molar-refractivity contribution in [1.82, 2.24) is 4.98 Å². The number of carbonyl (C=O) groups excluding carboxylic acids is 1. The summed E-state index contributed by atoms with van der Waals surface area (Å²) >= 11 is 0. The molecule has 0 spiro atoms. The molecule has 0 radical (unpaired) electrons. The first-order valence-electron chi connectivity index (χ1n) is 11.3. The van der Waals surface area contributed by atoms with Crippen molar-refractivity contribution in [2.75, 3.05) is 17.2 Å². The fourth-order valence-electron chi connectivity index (χ4n) is 6.34. The lowest BCUT2D eigenvalue weighted by atomic mass is 9.53. The lowest BCUT2D eigenvalue weighted by Crippen LogP contribution is -2.54. The highest BCUT2D eigenvalue weighted by Crippen LogP contribution is 2.56. The number of nitrogens with one attached hydrogen (secondary N) is 2. The highest BCUT2D eigenvalue weighted by atomic mass is 16.5. The van der Waals surface area contributed by atoms with Crippen molar-refractivity contribution in [1.29, 1.82) is 0 Å². The average molecular weight is 406 g/mol. The van der Waals surface area contributed by atoms with E-state index in [9.17, 15) is 4.79 Å². The third kappa shape index (κ3) is 4.16. The Labute approximate surface area is 178 Å². The third-order valence-corrected chi connectivity index (χ3v) is 7.08. The Kier molecular flexibility index (Phi) is 5.13. The van der Waals surface area contributed by atoms with Crippen LogP contribution in [-0.4, -0.2) is 23.0 Å². The van der Waals surface area contributed by atoms with Crippen LogP contribution in [0.15, 0.2) is 42.6 Å². The van der Waals surface area contributed by atoms with Gasteiger partial charge in [-0.25, -0.2) is 4.98 Å². The Balaban J connectivity index is 1.17. The summed E-state index contributed by atoms with van der Waals surface area (Å²) in [6.07, 6.45) is 10.3. The quantitative estimate of drug-likeness (QED) is 0.677. The van der Waals surface area contributed by atoms with E-state index in [0.717, 1.165) is 40.6 Å². The molecule has 0 unspecified atom stereocenters. The monoisotopic (exact) mass is 405 g/mol. The molecular weight excluding hydrogens is 374 g/mol. The number of hydrogen-bond donors (Lipinski definition) is 2. The van der Waals surface area contributed by atoms with E-state index in [2.05, 4.69) is 15.6 Å². The molecule has 1 heterocycles. The Morgan fingerprint density at radius 3 is 2.27 bits per heavy atom. The first kappa shape index (κ1) is 19.4. The predicted octanol–water partition coefficient (Wildman–Crippen LogP) is 5.04. The van der Waals surface area contributed by atoms with Gasteiger partial charge < -0.3 is 15.4 Å². The molecule has 2 N–H and O–H groups in total. The van der Waals surface area contributed by atoms with Crippen molar-refractivity contribution in [3.8, 4) is 5.75 Å². The number of carbonyl (C=O) groups is 1. The van der Waals surface area contributed by atoms with Gasteiger partial charge in [0.1, 0.15) is 11.6 Å². The molecule has 4 saturated carbocycles. The molecule has 0 saturated heterocycles. The number of ether oxygens (including phenoxy) is 1. The van der Waals surface area contributed by atoms with Crippen molar-refractivity contribution < 1.29 is 9.53 Å². The molecule has 4 fully saturated rings. The van der Waals surface area contributed by atoms with Gasteiger partial charge >= 0.3 is 0 Å². The van der Waals surface area contributed by atoms with Crippen LogP contribution in [0.25, 0.3) is 0 Å². The number of rotatable bonds is 7. The van der Waals surface area contributed by atoms with Crippen LogP contribution >= 0.6 is 0 Å². The van der Waals surface area contributed by atoms with E-state index < -0.39 is 0 Å². The van der Waals surface area contributed by atoms with Crippen LogP contribution in [0.4, 0.5) is 11.5 Å². The second-order valence-corrected chi connectivity index (χ2v) is 9.56. The molecule has 0 aliphatic heterocycles. The van der Waals surface area contributed by atoms with E-state index in [-0.39, 0.29) is 11.4 Å². The average Bonchev–Trinajstić information content (AvgIpc) is 2.70. The fraction of sp³-hybridized carbons (Fsp3) is 0.520. The van der Waals surface area contributed by atoms with E-state index in [1.165, 1.54) is 38.5 Å². The molecule has 5 nitrogen and oxygen atoms in total. The summed E-state index contributed by atoms with van der Waals surface area (Å²) in [5, 5.41) is 6.74. The van der Waals surface area contributed by atoms with Gasteiger partial charge in [0.2, 0.25) is 5.91 Å². The van der Waals surface area contributed by atoms with Crippen LogP contribution in [0.3, 0.4) is 0 Å². The van der Waals surface area contributed by atoms with Crippen LogP contribution < -0.4 is 15.4 Å². The molecular formula is C25H31N3O2. The van der Waals surface area contributed by atoms with Gasteiger partial charge in [0, 0.05) is 5.54 Å². The van der Waals surface area contributed by atoms with Crippen molar-refractivity contribution in [2.24, 2.45) is 17.8 Å². The molecule has 158 valence electrons. The molecule has 1 aromatic carbocycles. The van der Waals surface area contributed by atoms with Crippen LogP contribution in [0, 0.1) is 17.8 Å². The summed E-state index contributed by atoms with van der Waals surface area (Å²) in [7, 11) is 0. The first-order chi connectivity index (χ1) is 14.6. The zero-order valence-electron chi connectivity index (χ0n) is 17.7. The normalized spacial score (nSPS) is 28.9. The lowest BCUT2D eigenvalue weighted by Gasteiger charge is -2.57. The van der Waals surface area contributed by atoms with Crippen molar-refractivity contribution in [3.05, 3.63) is 48.2 Å². The maximum Gasteiger partial charge on any atom is 0.228 e. The van der Waals surface area contributed by atoms with Gasteiger partial charge in [-0.15, -0.1) is 0 Å². The second-order valence-electron chi connectivity index (χ2n) is 9.56. The highest BCUT2D eigenvalue weighted by Gasteiger charge is 2.51. The number of nitrogens with zero attached hydrogens (tertiary/aromatic N) is 1. The summed E-state index contributed by atoms with van der Waals surface area (Å²) in [4.78, 5) is 17.0. The summed E-state index contributed by atoms with van der Waals surface area (Å²) in [5.41, 5.74) is 1.95. The number of anilines is 2. The van der Waals surface area contributed by atoms with Crippen LogP contribution in [-0.2, 0) is 11.2 Å². The molecule has 4 aliphatic carbocycles. The number of pyridine rings is 1. The maximum atomic E-state index is 12.4. The van der Waals surface area contributed by atoms with Crippen LogP contribution in [0.2, 0.25) is 0 Å². The number of benzene rings is 1. The molecule has 2 aromatic rings. The Morgan fingerprint density at radius 1 is 1.03 bits per heavy atom. The third-order valence-electron chi connectivity index (χ3n) is 7.08. The SMILES string of the molecule is CCOc1ccc(CC(=O)Nc2ccc(NC34CC5CC(CC(C5)C3)C4)nc2)cc1. The lowest BCUT2D eigenvalue weighted by molar-refractivity contribution is -0.115.